The van der Waals surface area contributed by atoms with Crippen molar-refractivity contribution in [1.82, 2.24) is 5.32 Å². The topological polar surface area (TPSA) is 21.3 Å². The Kier molecular flexibility index (Phi) is 5.30. The molecular formula is C17H33NO. The summed E-state index contributed by atoms with van der Waals surface area (Å²) in [6, 6.07) is 0.852. The second-order valence-corrected chi connectivity index (χ2v) is 7.77. The monoisotopic (exact) mass is 267 g/mol. The maximum atomic E-state index is 5.28. The molecule has 1 N–H and O–H groups in total. The summed E-state index contributed by atoms with van der Waals surface area (Å²) < 4.78 is 5.28. The lowest BCUT2D eigenvalue weighted by molar-refractivity contribution is 0.0629. The number of nitrogens with one attached hydrogen (secondary N) is 1. The van der Waals surface area contributed by atoms with Gasteiger partial charge in [-0.1, -0.05) is 20.8 Å². The Morgan fingerprint density at radius 1 is 1.26 bits per heavy atom. The van der Waals surface area contributed by atoms with Gasteiger partial charge in [-0.3, -0.25) is 0 Å². The van der Waals surface area contributed by atoms with Crippen LogP contribution >= 0.6 is 0 Å². The number of methoxy groups -OCH3 is 1. The zero-order valence-electron chi connectivity index (χ0n) is 13.4. The van der Waals surface area contributed by atoms with E-state index in [9.17, 15) is 0 Å². The first kappa shape index (κ1) is 15.3. The van der Waals surface area contributed by atoms with Crippen molar-refractivity contribution in [3.05, 3.63) is 0 Å². The van der Waals surface area contributed by atoms with Crippen LogP contribution in [0, 0.1) is 23.2 Å². The van der Waals surface area contributed by atoms with Gasteiger partial charge < -0.3 is 10.1 Å². The SMILES string of the molecule is COCCC(C)C1CC(C)(C)CCC1CNC1CC1. The highest BCUT2D eigenvalue weighted by Crippen LogP contribution is 2.45. The number of ether oxygens (including phenoxy) is 1. The molecule has 3 unspecified atom stereocenters. The van der Waals surface area contributed by atoms with E-state index in [2.05, 4.69) is 26.1 Å². The van der Waals surface area contributed by atoms with Crippen LogP contribution in [0.4, 0.5) is 0 Å². The van der Waals surface area contributed by atoms with E-state index >= 15 is 0 Å². The lowest BCUT2D eigenvalue weighted by atomic mass is 9.63. The van der Waals surface area contributed by atoms with Crippen LogP contribution in [0.5, 0.6) is 0 Å². The summed E-state index contributed by atoms with van der Waals surface area (Å²) in [6.45, 7) is 9.51. The Morgan fingerprint density at radius 3 is 2.63 bits per heavy atom. The molecule has 0 saturated heterocycles. The summed E-state index contributed by atoms with van der Waals surface area (Å²) in [7, 11) is 1.82. The Hall–Kier alpha value is -0.0800. The van der Waals surface area contributed by atoms with Gasteiger partial charge >= 0.3 is 0 Å². The van der Waals surface area contributed by atoms with Crippen LogP contribution in [0.3, 0.4) is 0 Å². The van der Waals surface area contributed by atoms with Gasteiger partial charge in [-0.2, -0.15) is 0 Å². The highest BCUT2D eigenvalue weighted by molar-refractivity contribution is 4.90. The number of hydrogen-bond donors (Lipinski definition) is 1. The molecule has 0 aliphatic heterocycles. The highest BCUT2D eigenvalue weighted by atomic mass is 16.5. The van der Waals surface area contributed by atoms with Crippen molar-refractivity contribution in [2.45, 2.75) is 65.3 Å². The summed E-state index contributed by atoms with van der Waals surface area (Å²) in [6.07, 6.45) is 8.24. The molecule has 0 spiro atoms. The lowest BCUT2D eigenvalue weighted by Crippen LogP contribution is -2.39. The first-order valence-electron chi connectivity index (χ1n) is 8.24. The fraction of sp³-hybridized carbons (Fsp3) is 1.00. The molecule has 0 aromatic rings. The summed E-state index contributed by atoms with van der Waals surface area (Å²) in [5.74, 6) is 2.57. The third kappa shape index (κ3) is 4.75. The van der Waals surface area contributed by atoms with Gasteiger partial charge in [-0.25, -0.2) is 0 Å². The van der Waals surface area contributed by atoms with Crippen molar-refractivity contribution in [2.75, 3.05) is 20.3 Å². The molecule has 19 heavy (non-hydrogen) atoms. The second-order valence-electron chi connectivity index (χ2n) is 7.77. The number of hydrogen-bond acceptors (Lipinski definition) is 2. The van der Waals surface area contributed by atoms with Gasteiger partial charge in [0.05, 0.1) is 0 Å². The molecule has 0 heterocycles. The average Bonchev–Trinajstić information content (AvgIpc) is 3.17. The van der Waals surface area contributed by atoms with Crippen LogP contribution < -0.4 is 5.32 Å². The van der Waals surface area contributed by atoms with Crippen molar-refractivity contribution < 1.29 is 4.74 Å². The summed E-state index contributed by atoms with van der Waals surface area (Å²) in [5, 5.41) is 3.76. The van der Waals surface area contributed by atoms with E-state index in [1.807, 2.05) is 7.11 Å². The maximum Gasteiger partial charge on any atom is 0.0464 e. The average molecular weight is 267 g/mol. The van der Waals surface area contributed by atoms with Crippen LogP contribution in [0.1, 0.15) is 59.3 Å². The molecule has 2 heteroatoms. The molecule has 0 amide bonds. The van der Waals surface area contributed by atoms with E-state index in [1.165, 1.54) is 45.1 Å². The van der Waals surface area contributed by atoms with Crippen molar-refractivity contribution >= 4 is 0 Å². The van der Waals surface area contributed by atoms with Gasteiger partial charge in [0.15, 0.2) is 0 Å². The van der Waals surface area contributed by atoms with Crippen LogP contribution in [-0.2, 0) is 4.74 Å². The third-order valence-corrected chi connectivity index (χ3v) is 5.34. The van der Waals surface area contributed by atoms with E-state index in [-0.39, 0.29) is 0 Å². The van der Waals surface area contributed by atoms with E-state index < -0.39 is 0 Å². The normalized spacial score (nSPS) is 32.2. The third-order valence-electron chi connectivity index (χ3n) is 5.34. The predicted octanol–water partition coefficient (Wildman–Crippen LogP) is 3.85. The molecule has 3 atom stereocenters. The minimum atomic E-state index is 0.544. The van der Waals surface area contributed by atoms with Crippen molar-refractivity contribution in [3.63, 3.8) is 0 Å². The van der Waals surface area contributed by atoms with Crippen molar-refractivity contribution in [3.8, 4) is 0 Å². The van der Waals surface area contributed by atoms with E-state index in [1.54, 1.807) is 0 Å². The molecule has 0 bridgehead atoms. The molecule has 2 nitrogen and oxygen atoms in total. The van der Waals surface area contributed by atoms with Crippen LogP contribution in [0.25, 0.3) is 0 Å². The van der Waals surface area contributed by atoms with Crippen molar-refractivity contribution in [1.29, 1.82) is 0 Å². The second kappa shape index (κ2) is 6.58. The van der Waals surface area contributed by atoms with Crippen LogP contribution in [0.15, 0.2) is 0 Å². The Balaban J connectivity index is 1.89. The standard InChI is InChI=1S/C17H33NO/c1-13(8-10-19-4)16-11-17(2,3)9-7-14(16)12-18-15-5-6-15/h13-16,18H,5-12H2,1-4H3. The zero-order chi connectivity index (χ0) is 13.9. The smallest absolute Gasteiger partial charge is 0.0464 e. The first-order chi connectivity index (χ1) is 9.02. The molecule has 2 saturated carbocycles. The molecule has 0 aromatic carbocycles. The molecule has 2 aliphatic rings. The molecular weight excluding hydrogens is 234 g/mol. The van der Waals surface area contributed by atoms with Gasteiger partial charge in [0.25, 0.3) is 0 Å². The first-order valence-corrected chi connectivity index (χ1v) is 8.24. The molecule has 2 aliphatic carbocycles. The summed E-state index contributed by atoms with van der Waals surface area (Å²) >= 11 is 0. The summed E-state index contributed by atoms with van der Waals surface area (Å²) in [5.41, 5.74) is 0.544. The van der Waals surface area contributed by atoms with Gasteiger partial charge in [0, 0.05) is 19.8 Å². The quantitative estimate of drug-likeness (QED) is 0.756. The molecule has 2 rings (SSSR count). The van der Waals surface area contributed by atoms with Crippen LogP contribution in [-0.4, -0.2) is 26.3 Å². The van der Waals surface area contributed by atoms with Gasteiger partial charge in [-0.15, -0.1) is 0 Å². The molecule has 112 valence electrons. The largest absolute Gasteiger partial charge is 0.385 e. The van der Waals surface area contributed by atoms with Gasteiger partial charge in [-0.05, 0) is 68.2 Å². The minimum Gasteiger partial charge on any atom is -0.385 e. The minimum absolute atomic E-state index is 0.544. The summed E-state index contributed by atoms with van der Waals surface area (Å²) in [4.78, 5) is 0. The Morgan fingerprint density at radius 2 is 2.00 bits per heavy atom. The highest BCUT2D eigenvalue weighted by Gasteiger charge is 2.37. The van der Waals surface area contributed by atoms with Crippen molar-refractivity contribution in [2.24, 2.45) is 23.2 Å². The number of rotatable bonds is 7. The van der Waals surface area contributed by atoms with Gasteiger partial charge in [0.2, 0.25) is 0 Å². The van der Waals surface area contributed by atoms with Crippen LogP contribution in [0.2, 0.25) is 0 Å². The van der Waals surface area contributed by atoms with E-state index in [0.717, 1.165) is 30.4 Å². The van der Waals surface area contributed by atoms with E-state index in [0.29, 0.717) is 5.41 Å². The predicted molar refractivity (Wildman–Crippen MR) is 81.3 cm³/mol. The fourth-order valence-corrected chi connectivity index (χ4v) is 3.74. The van der Waals surface area contributed by atoms with E-state index in [4.69, 9.17) is 4.74 Å². The zero-order valence-corrected chi connectivity index (χ0v) is 13.4. The Labute approximate surface area is 119 Å². The molecule has 2 fully saturated rings. The molecule has 0 aromatic heterocycles. The lowest BCUT2D eigenvalue weighted by Gasteiger charge is -2.44. The maximum absolute atomic E-state index is 5.28. The Bertz CT molecular complexity index is 270. The molecule has 0 radical (unpaired) electrons. The van der Waals surface area contributed by atoms with Gasteiger partial charge in [0.1, 0.15) is 0 Å². The fourth-order valence-electron chi connectivity index (χ4n) is 3.74.